The van der Waals surface area contributed by atoms with Crippen LogP contribution < -0.4 is 4.90 Å². The molecule has 0 N–H and O–H groups in total. The van der Waals surface area contributed by atoms with Gasteiger partial charge in [-0.2, -0.15) is 0 Å². The van der Waals surface area contributed by atoms with Gasteiger partial charge < -0.3 is 4.90 Å². The first-order valence-corrected chi connectivity index (χ1v) is 9.47. The lowest BCUT2D eigenvalue weighted by molar-refractivity contribution is 0.886. The smallest absolute Gasteiger partial charge is 0.0455 e. The highest BCUT2D eigenvalue weighted by molar-refractivity contribution is 9.12. The second kappa shape index (κ2) is 8.32. The first-order chi connectivity index (χ1) is 10.5. The van der Waals surface area contributed by atoms with E-state index in [0.717, 1.165) is 21.8 Å². The molecule has 1 aromatic rings. The number of hydrogen-bond acceptors (Lipinski definition) is 1. The number of benzene rings is 1. The summed E-state index contributed by atoms with van der Waals surface area (Å²) >= 11 is 10.6. The molecule has 0 aliphatic heterocycles. The maximum atomic E-state index is 3.58. The molecule has 0 unspecified atom stereocenters. The Morgan fingerprint density at radius 2 is 1.68 bits per heavy atom. The van der Waals surface area contributed by atoms with Crippen molar-refractivity contribution in [3.8, 4) is 0 Å². The molecule has 0 fully saturated rings. The maximum absolute atomic E-state index is 3.58. The molecule has 4 heteroatoms. The van der Waals surface area contributed by atoms with Gasteiger partial charge in [0.2, 0.25) is 0 Å². The van der Waals surface area contributed by atoms with Gasteiger partial charge in [0.1, 0.15) is 0 Å². The normalized spacial score (nSPS) is 16.2. The van der Waals surface area contributed by atoms with Gasteiger partial charge in [-0.3, -0.25) is 0 Å². The molecule has 0 radical (unpaired) electrons. The summed E-state index contributed by atoms with van der Waals surface area (Å²) < 4.78 is 3.46. The zero-order valence-corrected chi connectivity index (χ0v) is 17.4. The van der Waals surface area contributed by atoms with Crippen LogP contribution in [0.3, 0.4) is 0 Å². The molecule has 22 heavy (non-hydrogen) atoms. The number of allylic oxidation sites excluding steroid dienone is 8. The van der Waals surface area contributed by atoms with E-state index in [1.165, 1.54) is 21.6 Å². The molecule has 2 rings (SSSR count). The van der Waals surface area contributed by atoms with Gasteiger partial charge in [0.25, 0.3) is 0 Å². The summed E-state index contributed by atoms with van der Waals surface area (Å²) in [6, 6.07) is 8.44. The van der Waals surface area contributed by atoms with Crippen molar-refractivity contribution in [1.82, 2.24) is 0 Å². The molecule has 1 nitrogen and oxygen atoms in total. The Labute approximate surface area is 157 Å². The zero-order valence-electron chi connectivity index (χ0n) is 12.6. The van der Waals surface area contributed by atoms with E-state index in [-0.39, 0.29) is 0 Å². The summed E-state index contributed by atoms with van der Waals surface area (Å²) in [5, 5.41) is 0. The van der Waals surface area contributed by atoms with Crippen LogP contribution in [0.2, 0.25) is 0 Å². The topological polar surface area (TPSA) is 3.24 Å². The van der Waals surface area contributed by atoms with E-state index in [2.05, 4.69) is 108 Å². The van der Waals surface area contributed by atoms with Gasteiger partial charge in [-0.05, 0) is 72.1 Å². The van der Waals surface area contributed by atoms with Crippen molar-refractivity contribution in [3.63, 3.8) is 0 Å². The Morgan fingerprint density at radius 3 is 2.23 bits per heavy atom. The predicted octanol–water partition coefficient (Wildman–Crippen LogP) is 7.41. The molecule has 1 aliphatic rings. The molecule has 0 amide bonds. The van der Waals surface area contributed by atoms with E-state index < -0.39 is 0 Å². The van der Waals surface area contributed by atoms with Crippen molar-refractivity contribution in [2.24, 2.45) is 0 Å². The van der Waals surface area contributed by atoms with Gasteiger partial charge in [-0.25, -0.2) is 0 Å². The summed E-state index contributed by atoms with van der Waals surface area (Å²) in [6.45, 7) is 4.18. The Morgan fingerprint density at radius 1 is 1.00 bits per heavy atom. The summed E-state index contributed by atoms with van der Waals surface area (Å²) in [7, 11) is 0. The minimum Gasteiger partial charge on any atom is -0.318 e. The largest absolute Gasteiger partial charge is 0.318 e. The molecule has 0 saturated carbocycles. The fourth-order valence-corrected chi connectivity index (χ4v) is 3.01. The van der Waals surface area contributed by atoms with Crippen LogP contribution in [-0.4, -0.2) is 0 Å². The minimum atomic E-state index is 1.02. The molecule has 0 spiro atoms. The van der Waals surface area contributed by atoms with Crippen LogP contribution >= 0.6 is 47.8 Å². The van der Waals surface area contributed by atoms with Gasteiger partial charge in [-0.15, -0.1) is 0 Å². The fraction of sp³-hybridized carbons (Fsp3) is 0.222. The van der Waals surface area contributed by atoms with Gasteiger partial charge in [0.05, 0.1) is 0 Å². The summed E-state index contributed by atoms with van der Waals surface area (Å²) in [6.07, 6.45) is 10.6. The van der Waals surface area contributed by atoms with E-state index in [0.29, 0.717) is 0 Å². The fourth-order valence-electron chi connectivity index (χ4n) is 2.28. The van der Waals surface area contributed by atoms with E-state index in [1.807, 2.05) is 6.92 Å². The number of hydrogen-bond donors (Lipinski definition) is 0. The van der Waals surface area contributed by atoms with Crippen molar-refractivity contribution in [2.75, 3.05) is 4.90 Å². The van der Waals surface area contributed by atoms with Crippen LogP contribution in [0.5, 0.6) is 0 Å². The SMILES string of the molecule is C/C(Br)=C\C=C(/C)N(C1=CC=C(Br)CC1)c1ccc(Br)cc1. The Balaban J connectivity index is 2.43. The first kappa shape index (κ1) is 17.8. The number of halogens is 3. The highest BCUT2D eigenvalue weighted by Gasteiger charge is 2.16. The van der Waals surface area contributed by atoms with E-state index in [4.69, 9.17) is 0 Å². The maximum Gasteiger partial charge on any atom is 0.0455 e. The first-order valence-electron chi connectivity index (χ1n) is 7.09. The zero-order chi connectivity index (χ0) is 16.1. The highest BCUT2D eigenvalue weighted by atomic mass is 79.9. The summed E-state index contributed by atoms with van der Waals surface area (Å²) in [4.78, 5) is 2.31. The molecule has 1 aliphatic carbocycles. The standard InChI is InChI=1S/C18H18Br3N/c1-13(19)3-4-14(2)22(17-9-5-15(20)6-10-17)18-11-7-16(21)8-12-18/h3-7,9-11H,8,12H2,1-2H3/b13-3+,14-4+. The van der Waals surface area contributed by atoms with Crippen molar-refractivity contribution in [2.45, 2.75) is 26.7 Å². The summed E-state index contributed by atoms with van der Waals surface area (Å²) in [5.74, 6) is 0. The van der Waals surface area contributed by atoms with Gasteiger partial charge in [-0.1, -0.05) is 59.9 Å². The summed E-state index contributed by atoms with van der Waals surface area (Å²) in [5.41, 5.74) is 3.67. The van der Waals surface area contributed by atoms with Crippen LogP contribution in [0.25, 0.3) is 0 Å². The third-order valence-corrected chi connectivity index (χ3v) is 4.81. The van der Waals surface area contributed by atoms with Crippen molar-refractivity contribution in [3.05, 3.63) is 73.4 Å². The molecular formula is C18H18Br3N. The molecule has 0 bridgehead atoms. The molecular weight excluding hydrogens is 470 g/mol. The number of rotatable bonds is 4. The van der Waals surface area contributed by atoms with Crippen LogP contribution in [0.4, 0.5) is 5.69 Å². The molecule has 0 saturated heterocycles. The van der Waals surface area contributed by atoms with Gasteiger partial charge in [0, 0.05) is 21.6 Å². The molecule has 116 valence electrons. The van der Waals surface area contributed by atoms with Crippen LogP contribution in [0, 0.1) is 0 Å². The van der Waals surface area contributed by atoms with E-state index in [9.17, 15) is 0 Å². The van der Waals surface area contributed by atoms with Gasteiger partial charge >= 0.3 is 0 Å². The lowest BCUT2D eigenvalue weighted by Gasteiger charge is -2.29. The highest BCUT2D eigenvalue weighted by Crippen LogP contribution is 2.32. The second-order valence-corrected chi connectivity index (χ2v) is 8.33. The lowest BCUT2D eigenvalue weighted by atomic mass is 10.1. The average molecular weight is 488 g/mol. The van der Waals surface area contributed by atoms with E-state index >= 15 is 0 Å². The molecule has 0 heterocycles. The monoisotopic (exact) mass is 485 g/mol. The number of nitrogens with zero attached hydrogens (tertiary/aromatic N) is 1. The second-order valence-electron chi connectivity index (χ2n) is 5.14. The van der Waals surface area contributed by atoms with Crippen LogP contribution in [-0.2, 0) is 0 Å². The number of anilines is 1. The minimum absolute atomic E-state index is 1.02. The van der Waals surface area contributed by atoms with Crippen molar-refractivity contribution >= 4 is 53.5 Å². The van der Waals surface area contributed by atoms with Crippen LogP contribution in [0.1, 0.15) is 26.7 Å². The predicted molar refractivity (Wildman–Crippen MR) is 107 cm³/mol. The third-order valence-electron chi connectivity index (χ3n) is 3.36. The lowest BCUT2D eigenvalue weighted by Crippen LogP contribution is -2.21. The third kappa shape index (κ3) is 4.97. The van der Waals surface area contributed by atoms with Crippen molar-refractivity contribution < 1.29 is 0 Å². The van der Waals surface area contributed by atoms with Crippen molar-refractivity contribution in [1.29, 1.82) is 0 Å². The molecule has 1 aromatic carbocycles. The Kier molecular flexibility index (Phi) is 6.72. The van der Waals surface area contributed by atoms with Gasteiger partial charge in [0.15, 0.2) is 0 Å². The quantitative estimate of drug-likeness (QED) is 0.399. The average Bonchev–Trinajstić information content (AvgIpc) is 2.49. The Hall–Kier alpha value is -0.580. The van der Waals surface area contributed by atoms with E-state index in [1.54, 1.807) is 0 Å². The Bertz CT molecular complexity index is 647. The molecule has 0 atom stereocenters. The molecule has 0 aromatic heterocycles. The van der Waals surface area contributed by atoms with Crippen LogP contribution in [0.15, 0.2) is 73.4 Å².